The van der Waals surface area contributed by atoms with Gasteiger partial charge in [0, 0.05) is 12.0 Å². The first-order chi connectivity index (χ1) is 17.8. The minimum atomic E-state index is -1.12. The summed E-state index contributed by atoms with van der Waals surface area (Å²) in [6.45, 7) is 0.521. The molecule has 1 atom stereocenters. The molecule has 0 aliphatic carbocycles. The summed E-state index contributed by atoms with van der Waals surface area (Å²) in [5.41, 5.74) is 2.34. The molecule has 2 aliphatic rings. The number of ketones is 1. The number of amides is 1. The third kappa shape index (κ3) is 3.57. The second kappa shape index (κ2) is 8.23. The molecule has 3 heterocycles. The number of aromatic amines is 1. The maximum Gasteiger partial charge on any atom is 0.335 e. The second-order valence-corrected chi connectivity index (χ2v) is 8.78. The number of phenolic OH excluding ortho intramolecular Hbond substituents is 1. The number of rotatable bonds is 4. The molecule has 37 heavy (non-hydrogen) atoms. The van der Waals surface area contributed by atoms with Crippen LogP contribution in [0, 0.1) is 0 Å². The molecule has 10 heteroatoms. The minimum absolute atomic E-state index is 0.00994. The van der Waals surface area contributed by atoms with Crippen molar-refractivity contribution in [2.75, 3.05) is 11.5 Å². The monoisotopic (exact) mass is 497 g/mol. The Kier molecular flexibility index (Phi) is 4.97. The van der Waals surface area contributed by atoms with Gasteiger partial charge in [-0.3, -0.25) is 14.5 Å². The van der Waals surface area contributed by atoms with Crippen LogP contribution in [0.3, 0.4) is 0 Å². The lowest BCUT2D eigenvalue weighted by molar-refractivity contribution is -0.132. The Morgan fingerprint density at radius 1 is 1.00 bits per heavy atom. The fourth-order valence-electron chi connectivity index (χ4n) is 4.76. The van der Waals surface area contributed by atoms with E-state index >= 15 is 0 Å². The Morgan fingerprint density at radius 2 is 1.76 bits per heavy atom. The second-order valence-electron chi connectivity index (χ2n) is 8.78. The van der Waals surface area contributed by atoms with E-state index in [0.717, 1.165) is 10.5 Å². The number of aromatic carboxylic acids is 1. The molecule has 6 rings (SSSR count). The Hall–Kier alpha value is -5.12. The number of fused-ring (bicyclic) bond motifs is 2. The maximum atomic E-state index is 13.3. The van der Waals surface area contributed by atoms with Crippen LogP contribution in [0.1, 0.15) is 33.1 Å². The largest absolute Gasteiger partial charge is 0.508 e. The summed E-state index contributed by atoms with van der Waals surface area (Å²) in [4.78, 5) is 46.6. The number of nitrogens with one attached hydrogen (secondary N) is 1. The van der Waals surface area contributed by atoms with Gasteiger partial charge in [-0.25, -0.2) is 9.78 Å². The van der Waals surface area contributed by atoms with Crippen LogP contribution in [0.15, 0.2) is 66.2 Å². The van der Waals surface area contributed by atoms with E-state index in [0.29, 0.717) is 40.9 Å². The van der Waals surface area contributed by atoms with Crippen molar-refractivity contribution in [2.24, 2.45) is 0 Å². The predicted molar refractivity (Wildman–Crippen MR) is 132 cm³/mol. The number of hydrogen-bond donors (Lipinski definition) is 4. The van der Waals surface area contributed by atoms with Crippen LogP contribution in [-0.4, -0.2) is 49.6 Å². The van der Waals surface area contributed by atoms with E-state index < -0.39 is 23.7 Å². The van der Waals surface area contributed by atoms with Gasteiger partial charge in [-0.15, -0.1) is 0 Å². The topological polar surface area (TPSA) is 153 Å². The average Bonchev–Trinajstić information content (AvgIpc) is 3.59. The quantitative estimate of drug-likeness (QED) is 0.190. The molecule has 4 N–H and O–H groups in total. The highest BCUT2D eigenvalue weighted by molar-refractivity contribution is 6.51. The average molecular weight is 497 g/mol. The molecule has 1 fully saturated rings. The van der Waals surface area contributed by atoms with E-state index in [9.17, 15) is 29.7 Å². The van der Waals surface area contributed by atoms with Crippen molar-refractivity contribution in [3.05, 3.63) is 88.5 Å². The zero-order valence-electron chi connectivity index (χ0n) is 19.1. The third-order valence-corrected chi connectivity index (χ3v) is 6.56. The van der Waals surface area contributed by atoms with Gasteiger partial charge in [-0.2, -0.15) is 0 Å². The van der Waals surface area contributed by atoms with E-state index in [1.165, 1.54) is 30.3 Å². The van der Waals surface area contributed by atoms with Crippen LogP contribution in [0.25, 0.3) is 16.8 Å². The van der Waals surface area contributed by atoms with Gasteiger partial charge in [0.1, 0.15) is 17.3 Å². The number of carbonyl (C=O) groups excluding carboxylic acids is 2. The Morgan fingerprint density at radius 3 is 2.51 bits per heavy atom. The van der Waals surface area contributed by atoms with Gasteiger partial charge in [0.2, 0.25) is 5.95 Å². The summed E-state index contributed by atoms with van der Waals surface area (Å²) in [6.07, 6.45) is 0.656. The van der Waals surface area contributed by atoms with Gasteiger partial charge in [-0.05, 0) is 59.7 Å². The highest BCUT2D eigenvalue weighted by Gasteiger charge is 2.48. The molecule has 3 aromatic carbocycles. The number of carboxylic acid groups (broad SMARTS) is 1. The van der Waals surface area contributed by atoms with Gasteiger partial charge >= 0.3 is 11.9 Å². The first-order valence-electron chi connectivity index (χ1n) is 11.4. The number of ether oxygens (including phenoxy) is 1. The van der Waals surface area contributed by atoms with Gasteiger partial charge in [0.15, 0.2) is 0 Å². The molecule has 1 amide bonds. The fraction of sp³-hybridized carbons (Fsp3) is 0.111. The summed E-state index contributed by atoms with van der Waals surface area (Å²) in [6, 6.07) is 14.2. The predicted octanol–water partition coefficient (Wildman–Crippen LogP) is 3.53. The van der Waals surface area contributed by atoms with Crippen LogP contribution in [0.4, 0.5) is 5.95 Å². The lowest BCUT2D eigenvalue weighted by Crippen LogP contribution is -2.30. The summed E-state index contributed by atoms with van der Waals surface area (Å²) >= 11 is 0. The number of aliphatic hydroxyl groups is 1. The van der Waals surface area contributed by atoms with Crippen molar-refractivity contribution in [1.29, 1.82) is 0 Å². The number of benzene rings is 3. The summed E-state index contributed by atoms with van der Waals surface area (Å²) in [5, 5.41) is 30.4. The van der Waals surface area contributed by atoms with Crippen LogP contribution < -0.4 is 9.64 Å². The van der Waals surface area contributed by atoms with Crippen molar-refractivity contribution >= 4 is 40.4 Å². The van der Waals surface area contributed by atoms with Gasteiger partial charge in [0.05, 0.1) is 34.8 Å². The standard InChI is InChI=1S/C27H19N3O7/c31-17-5-1-13(2-6-17)22-21(23(32)15-4-8-20-14(11-15)9-10-37-20)24(33)25(34)30(22)27-28-18-7-3-16(26(35)36)12-19(18)29-27/h1-8,11-12,22,31-32H,9-10H2,(H,28,29)(H,35,36)/b23-21+. The smallest absolute Gasteiger partial charge is 0.335 e. The van der Waals surface area contributed by atoms with Crippen LogP contribution in [0.2, 0.25) is 0 Å². The number of nitrogens with zero attached hydrogens (tertiary/aromatic N) is 2. The van der Waals surface area contributed by atoms with Crippen molar-refractivity contribution in [3.8, 4) is 11.5 Å². The van der Waals surface area contributed by atoms with Crippen LogP contribution >= 0.6 is 0 Å². The lowest BCUT2D eigenvalue weighted by atomic mass is 9.94. The summed E-state index contributed by atoms with van der Waals surface area (Å²) < 4.78 is 5.53. The summed E-state index contributed by atoms with van der Waals surface area (Å²) in [7, 11) is 0. The number of Topliss-reactive ketones (excluding diaryl/α,β-unsaturated/α-hetero) is 1. The molecule has 184 valence electrons. The van der Waals surface area contributed by atoms with E-state index in [4.69, 9.17) is 4.74 Å². The number of imidazole rings is 1. The van der Waals surface area contributed by atoms with Gasteiger partial charge in [-0.1, -0.05) is 12.1 Å². The lowest BCUT2D eigenvalue weighted by Gasteiger charge is -2.23. The Bertz CT molecular complexity index is 1650. The third-order valence-electron chi connectivity index (χ3n) is 6.56. The van der Waals surface area contributed by atoms with Crippen LogP contribution in [0.5, 0.6) is 11.5 Å². The van der Waals surface area contributed by atoms with E-state index in [-0.39, 0.29) is 28.6 Å². The molecule has 0 radical (unpaired) electrons. The number of H-pyrrole nitrogens is 1. The molecular formula is C27H19N3O7. The molecule has 0 spiro atoms. The fourth-order valence-corrected chi connectivity index (χ4v) is 4.76. The maximum absolute atomic E-state index is 13.3. The van der Waals surface area contributed by atoms with E-state index in [2.05, 4.69) is 9.97 Å². The van der Waals surface area contributed by atoms with Crippen molar-refractivity contribution in [1.82, 2.24) is 9.97 Å². The number of carboxylic acids is 1. The molecule has 1 aromatic heterocycles. The number of phenols is 1. The molecule has 0 saturated carbocycles. The summed E-state index contributed by atoms with van der Waals surface area (Å²) in [5.74, 6) is -2.58. The van der Waals surface area contributed by atoms with E-state index in [1.807, 2.05) is 0 Å². The normalized spacial score (nSPS) is 18.3. The van der Waals surface area contributed by atoms with Crippen LogP contribution in [-0.2, 0) is 16.0 Å². The molecule has 0 bridgehead atoms. The molecule has 4 aromatic rings. The number of anilines is 1. The number of carbonyl (C=O) groups is 3. The van der Waals surface area contributed by atoms with Crippen molar-refractivity contribution < 1.29 is 34.4 Å². The first-order valence-corrected chi connectivity index (χ1v) is 11.4. The zero-order chi connectivity index (χ0) is 25.8. The Balaban J connectivity index is 1.53. The number of aliphatic hydroxyl groups excluding tert-OH is 1. The molecule has 1 unspecified atom stereocenters. The Labute approximate surface area is 209 Å². The van der Waals surface area contributed by atoms with Gasteiger partial charge < -0.3 is 25.0 Å². The number of aromatic hydroxyl groups is 1. The van der Waals surface area contributed by atoms with Gasteiger partial charge in [0.25, 0.3) is 5.78 Å². The minimum Gasteiger partial charge on any atom is -0.508 e. The van der Waals surface area contributed by atoms with E-state index in [1.54, 1.807) is 30.3 Å². The number of hydrogen-bond acceptors (Lipinski definition) is 7. The van der Waals surface area contributed by atoms with Crippen molar-refractivity contribution in [2.45, 2.75) is 12.5 Å². The first kappa shape index (κ1) is 22.4. The molecule has 1 saturated heterocycles. The zero-order valence-corrected chi connectivity index (χ0v) is 19.1. The highest BCUT2D eigenvalue weighted by atomic mass is 16.5. The molecule has 2 aliphatic heterocycles. The number of aromatic nitrogens is 2. The molecular weight excluding hydrogens is 478 g/mol. The SMILES string of the molecule is O=C1C(=O)N(c2nc3ccc(C(=O)O)cc3[nH]2)C(c2ccc(O)cc2)/C1=C(\O)c1ccc2c(c1)CCO2. The van der Waals surface area contributed by atoms with Crippen molar-refractivity contribution in [3.63, 3.8) is 0 Å². The molecule has 10 nitrogen and oxygen atoms in total. The highest BCUT2D eigenvalue weighted by Crippen LogP contribution is 2.42.